The monoisotopic (exact) mass is 473 g/mol. The lowest BCUT2D eigenvalue weighted by Crippen LogP contribution is -2.34. The highest BCUT2D eigenvalue weighted by Gasteiger charge is 2.36. The van der Waals surface area contributed by atoms with Crippen molar-refractivity contribution in [3.63, 3.8) is 0 Å². The molecule has 8 heteroatoms. The Morgan fingerprint density at radius 3 is 2.80 bits per heavy atom. The van der Waals surface area contributed by atoms with Crippen LogP contribution >= 0.6 is 34.4 Å². The van der Waals surface area contributed by atoms with Crippen molar-refractivity contribution in [1.82, 2.24) is 4.90 Å². The van der Waals surface area contributed by atoms with Gasteiger partial charge in [0, 0.05) is 0 Å². The number of thioether (sulfide) groups is 1. The first-order valence-corrected chi connectivity index (χ1v) is 9.30. The molecule has 1 heterocycles. The van der Waals surface area contributed by atoms with E-state index >= 15 is 0 Å². The highest BCUT2D eigenvalue weighted by Crippen LogP contribution is 2.33. The molecule has 2 amide bonds. The lowest BCUT2D eigenvalue weighted by Gasteiger charge is -2.10. The maximum absolute atomic E-state index is 12.3. The largest absolute Gasteiger partial charge is 0.488 e. The molecule has 0 N–H and O–H groups in total. The predicted octanol–water partition coefficient (Wildman–Crippen LogP) is 3.46. The number of rotatable bonds is 7. The normalized spacial score (nSPS) is 15.6. The second-order valence-electron chi connectivity index (χ2n) is 4.86. The topological polar surface area (TPSA) is 72.9 Å². The van der Waals surface area contributed by atoms with Crippen molar-refractivity contribution >= 4 is 57.5 Å². The van der Waals surface area contributed by atoms with E-state index in [0.717, 1.165) is 25.8 Å². The van der Waals surface area contributed by atoms with Crippen molar-refractivity contribution in [2.24, 2.45) is 0 Å². The van der Waals surface area contributed by atoms with Gasteiger partial charge >= 0.3 is 5.97 Å². The average molecular weight is 473 g/mol. The summed E-state index contributed by atoms with van der Waals surface area (Å²) in [6, 6.07) is 5.43. The molecule has 1 aliphatic heterocycles. The summed E-state index contributed by atoms with van der Waals surface area (Å²) in [6.07, 6.45) is 3.28. The molecule has 1 saturated heterocycles. The summed E-state index contributed by atoms with van der Waals surface area (Å²) in [4.78, 5) is 36.9. The third kappa shape index (κ3) is 5.08. The van der Waals surface area contributed by atoms with Crippen LogP contribution in [-0.4, -0.2) is 41.8 Å². The van der Waals surface area contributed by atoms with Gasteiger partial charge in [0.2, 0.25) is 0 Å². The summed E-state index contributed by atoms with van der Waals surface area (Å²) in [5, 5.41) is -0.482. The number of hydrogen-bond acceptors (Lipinski definition) is 6. The Labute approximate surface area is 163 Å². The number of ether oxygens (including phenoxy) is 2. The molecule has 0 bridgehead atoms. The molecule has 1 aliphatic rings. The molecule has 1 fully saturated rings. The molecule has 25 heavy (non-hydrogen) atoms. The van der Waals surface area contributed by atoms with E-state index in [2.05, 4.69) is 29.2 Å². The molecule has 6 nitrogen and oxygen atoms in total. The van der Waals surface area contributed by atoms with Gasteiger partial charge in [0.1, 0.15) is 18.9 Å². The smallest absolute Gasteiger partial charge is 0.326 e. The molecular weight excluding hydrogens is 457 g/mol. The summed E-state index contributed by atoms with van der Waals surface area (Å²) in [5.41, 5.74) is 0.761. The Hall–Kier alpha value is -1.81. The van der Waals surface area contributed by atoms with Gasteiger partial charge in [-0.3, -0.25) is 19.3 Å². The number of benzene rings is 1. The number of carbonyl (C=O) groups is 3. The third-order valence-electron chi connectivity index (χ3n) is 3.08. The number of amides is 2. The van der Waals surface area contributed by atoms with Crippen LogP contribution in [0.15, 0.2) is 35.8 Å². The summed E-state index contributed by atoms with van der Waals surface area (Å²) in [7, 11) is 0. The molecule has 1 aromatic carbocycles. The van der Waals surface area contributed by atoms with E-state index in [0.29, 0.717) is 12.4 Å². The fourth-order valence-electron chi connectivity index (χ4n) is 2.00. The molecule has 2 rings (SSSR count). The fourth-order valence-corrected chi connectivity index (χ4v) is 3.53. The summed E-state index contributed by atoms with van der Waals surface area (Å²) >= 11 is 2.94. The first-order chi connectivity index (χ1) is 12.0. The standard InChI is InChI=1S/C17H16INO5S/c1-3-7-24-13-6-5-11(8-12(13)18)9-14-16(21)19(17(22)25-14)10-15(20)23-4-2/h3,5-6,8-9H,1,4,7,10H2,2H3/b14-9+. The molecular formula is C17H16INO5S. The molecule has 0 unspecified atom stereocenters. The second kappa shape index (κ2) is 9.04. The van der Waals surface area contributed by atoms with Gasteiger partial charge in [0.05, 0.1) is 15.1 Å². The van der Waals surface area contributed by atoms with Crippen LogP contribution in [0.25, 0.3) is 6.08 Å². The lowest BCUT2D eigenvalue weighted by atomic mass is 10.2. The number of hydrogen-bond donors (Lipinski definition) is 0. The highest BCUT2D eigenvalue weighted by molar-refractivity contribution is 14.1. The molecule has 0 spiro atoms. The maximum atomic E-state index is 12.3. The van der Waals surface area contributed by atoms with Gasteiger partial charge in [-0.25, -0.2) is 0 Å². The average Bonchev–Trinajstić information content (AvgIpc) is 2.82. The number of halogens is 1. The molecule has 1 aromatic rings. The van der Waals surface area contributed by atoms with Crippen LogP contribution < -0.4 is 4.74 Å². The van der Waals surface area contributed by atoms with Crippen LogP contribution in [0, 0.1) is 3.57 Å². The van der Waals surface area contributed by atoms with Crippen LogP contribution in [-0.2, 0) is 14.3 Å². The Kier molecular flexibility index (Phi) is 7.06. The van der Waals surface area contributed by atoms with E-state index in [1.165, 1.54) is 0 Å². The van der Waals surface area contributed by atoms with Crippen molar-refractivity contribution in [2.45, 2.75) is 6.92 Å². The minimum Gasteiger partial charge on any atom is -0.488 e. The number of carbonyl (C=O) groups excluding carboxylic acids is 3. The maximum Gasteiger partial charge on any atom is 0.326 e. The van der Waals surface area contributed by atoms with E-state index in [4.69, 9.17) is 9.47 Å². The molecule has 0 saturated carbocycles. The van der Waals surface area contributed by atoms with E-state index in [1.807, 2.05) is 6.07 Å². The van der Waals surface area contributed by atoms with E-state index in [1.54, 1.807) is 31.2 Å². The SMILES string of the molecule is C=CCOc1ccc(/C=C2/SC(=O)N(CC(=O)OCC)C2=O)cc1I. The van der Waals surface area contributed by atoms with Crippen molar-refractivity contribution < 1.29 is 23.9 Å². The van der Waals surface area contributed by atoms with Crippen LogP contribution in [0.2, 0.25) is 0 Å². The van der Waals surface area contributed by atoms with Crippen LogP contribution in [0.4, 0.5) is 4.79 Å². The zero-order valence-corrected chi connectivity index (χ0v) is 16.5. The second-order valence-corrected chi connectivity index (χ2v) is 7.02. The van der Waals surface area contributed by atoms with Crippen LogP contribution in [0.3, 0.4) is 0 Å². The minimum atomic E-state index is -0.607. The van der Waals surface area contributed by atoms with Gasteiger partial charge in [-0.15, -0.1) is 0 Å². The Bertz CT molecular complexity index is 747. The van der Waals surface area contributed by atoms with E-state index < -0.39 is 17.1 Å². The Balaban J connectivity index is 2.14. The summed E-state index contributed by atoms with van der Waals surface area (Å²) in [5.74, 6) is -0.387. The van der Waals surface area contributed by atoms with Crippen LogP contribution in [0.5, 0.6) is 5.75 Å². The van der Waals surface area contributed by atoms with Gasteiger partial charge < -0.3 is 9.47 Å². The number of imide groups is 1. The van der Waals surface area contributed by atoms with E-state index in [9.17, 15) is 14.4 Å². The lowest BCUT2D eigenvalue weighted by molar-refractivity contribution is -0.145. The predicted molar refractivity (Wildman–Crippen MR) is 104 cm³/mol. The third-order valence-corrected chi connectivity index (χ3v) is 4.83. The summed E-state index contributed by atoms with van der Waals surface area (Å²) < 4.78 is 11.2. The molecule has 0 radical (unpaired) electrons. The van der Waals surface area contributed by atoms with Gasteiger partial charge in [0.25, 0.3) is 11.1 Å². The molecule has 0 aliphatic carbocycles. The zero-order valence-electron chi connectivity index (χ0n) is 13.5. The first-order valence-electron chi connectivity index (χ1n) is 7.40. The van der Waals surface area contributed by atoms with Gasteiger partial charge in [0.15, 0.2) is 0 Å². The Morgan fingerprint density at radius 2 is 2.16 bits per heavy atom. The highest BCUT2D eigenvalue weighted by atomic mass is 127. The zero-order chi connectivity index (χ0) is 18.4. The number of nitrogens with zero attached hydrogens (tertiary/aromatic N) is 1. The van der Waals surface area contributed by atoms with Gasteiger partial charge in [-0.05, 0) is 65.0 Å². The summed E-state index contributed by atoms with van der Waals surface area (Å²) in [6.45, 7) is 5.49. The molecule has 0 atom stereocenters. The van der Waals surface area contributed by atoms with Crippen molar-refractivity contribution in [2.75, 3.05) is 19.8 Å². The molecule has 132 valence electrons. The van der Waals surface area contributed by atoms with Crippen LogP contribution in [0.1, 0.15) is 12.5 Å². The first kappa shape index (κ1) is 19.5. The van der Waals surface area contributed by atoms with Crippen molar-refractivity contribution in [3.05, 3.63) is 44.9 Å². The Morgan fingerprint density at radius 1 is 1.40 bits per heavy atom. The van der Waals surface area contributed by atoms with Gasteiger partial charge in [-0.1, -0.05) is 18.7 Å². The van der Waals surface area contributed by atoms with Crippen molar-refractivity contribution in [3.8, 4) is 5.75 Å². The number of esters is 1. The quantitative estimate of drug-likeness (QED) is 0.262. The minimum absolute atomic E-state index is 0.198. The van der Waals surface area contributed by atoms with Crippen molar-refractivity contribution in [1.29, 1.82) is 0 Å². The van der Waals surface area contributed by atoms with E-state index in [-0.39, 0.29) is 18.1 Å². The molecule has 0 aromatic heterocycles. The fraction of sp³-hybridized carbons (Fsp3) is 0.235. The van der Waals surface area contributed by atoms with Gasteiger partial charge in [-0.2, -0.15) is 0 Å².